The quantitative estimate of drug-likeness (QED) is 0.599. The molecule has 0 aliphatic rings. The minimum atomic E-state index is 0.984. The lowest BCUT2D eigenvalue weighted by Gasteiger charge is -1.96. The highest BCUT2D eigenvalue weighted by Gasteiger charge is 1.92. The molecule has 0 radical (unpaired) electrons. The summed E-state index contributed by atoms with van der Waals surface area (Å²) in [6, 6.07) is 0. The van der Waals surface area contributed by atoms with Crippen LogP contribution in [0.4, 0.5) is 0 Å². The van der Waals surface area contributed by atoms with E-state index in [1.807, 2.05) is 32.1 Å². The van der Waals surface area contributed by atoms with E-state index in [0.717, 1.165) is 5.70 Å². The molecular formula is C8H11N3. The first kappa shape index (κ1) is 7.72. The van der Waals surface area contributed by atoms with Gasteiger partial charge in [-0.3, -0.25) is 0 Å². The van der Waals surface area contributed by atoms with Crippen molar-refractivity contribution < 1.29 is 0 Å². The molecule has 3 nitrogen and oxygen atoms in total. The summed E-state index contributed by atoms with van der Waals surface area (Å²) in [5.74, 6) is 0. The Hall–Kier alpha value is -1.38. The zero-order valence-corrected chi connectivity index (χ0v) is 6.73. The molecule has 0 aromatic carbocycles. The molecule has 1 heterocycles. The number of hydrogen-bond donors (Lipinski definition) is 0. The highest BCUT2D eigenvalue weighted by Crippen LogP contribution is 2.00. The molecule has 11 heavy (non-hydrogen) atoms. The normalized spacial score (nSPS) is 12.7. The lowest BCUT2D eigenvalue weighted by molar-refractivity contribution is 0.775. The molecule has 0 amide bonds. The number of rotatable bonds is 2. The number of nitrogens with zero attached hydrogens (tertiary/aromatic N) is 3. The molecule has 1 rings (SSSR count). The minimum absolute atomic E-state index is 0.984. The molecule has 0 saturated heterocycles. The molecule has 1 aromatic rings. The molecule has 0 saturated carbocycles. The van der Waals surface area contributed by atoms with Crippen LogP contribution in [0, 0.1) is 0 Å². The number of allylic oxidation sites excluding steroid dienone is 4. The third-order valence-corrected chi connectivity index (χ3v) is 1.28. The maximum atomic E-state index is 3.99. The van der Waals surface area contributed by atoms with Crippen LogP contribution < -0.4 is 0 Å². The monoisotopic (exact) mass is 149 g/mol. The summed E-state index contributed by atoms with van der Waals surface area (Å²) < 4.78 is 0. The topological polar surface area (TPSA) is 30.7 Å². The lowest BCUT2D eigenvalue weighted by atomic mass is 10.4. The zero-order valence-electron chi connectivity index (χ0n) is 6.73. The van der Waals surface area contributed by atoms with Gasteiger partial charge in [0.25, 0.3) is 0 Å². The SMILES string of the molecule is CC=CC(=CC)n1nccn1. The molecule has 1 aromatic heterocycles. The first-order valence-corrected chi connectivity index (χ1v) is 3.54. The molecule has 0 unspecified atom stereocenters. The standard InChI is InChI=1S/C8H11N3/c1-3-5-8(4-2)11-9-6-7-10-11/h3-7H,1-2H3. The average Bonchev–Trinajstić information content (AvgIpc) is 2.52. The zero-order chi connectivity index (χ0) is 8.10. The van der Waals surface area contributed by atoms with E-state index in [1.165, 1.54) is 0 Å². The van der Waals surface area contributed by atoms with Crippen molar-refractivity contribution >= 4 is 5.70 Å². The molecule has 0 fully saturated rings. The second-order valence-corrected chi connectivity index (χ2v) is 2.03. The van der Waals surface area contributed by atoms with Gasteiger partial charge in [0.1, 0.15) is 0 Å². The fourth-order valence-corrected chi connectivity index (χ4v) is 0.798. The molecule has 0 aliphatic carbocycles. The lowest BCUT2D eigenvalue weighted by Crippen LogP contribution is -1.98. The van der Waals surface area contributed by atoms with E-state index >= 15 is 0 Å². The molecule has 0 bridgehead atoms. The van der Waals surface area contributed by atoms with Crippen molar-refractivity contribution in [2.45, 2.75) is 13.8 Å². The van der Waals surface area contributed by atoms with Crippen LogP contribution in [0.1, 0.15) is 13.8 Å². The highest BCUT2D eigenvalue weighted by molar-refractivity contribution is 5.53. The van der Waals surface area contributed by atoms with Crippen molar-refractivity contribution in [3.63, 3.8) is 0 Å². The Bertz CT molecular complexity index is 257. The molecule has 0 N–H and O–H groups in total. The van der Waals surface area contributed by atoms with Crippen molar-refractivity contribution in [3.05, 3.63) is 30.6 Å². The van der Waals surface area contributed by atoms with E-state index in [-0.39, 0.29) is 0 Å². The Morgan fingerprint density at radius 1 is 1.27 bits per heavy atom. The van der Waals surface area contributed by atoms with Gasteiger partial charge in [-0.15, -0.1) is 0 Å². The van der Waals surface area contributed by atoms with Gasteiger partial charge in [-0.25, -0.2) is 0 Å². The minimum Gasteiger partial charge on any atom is -0.157 e. The maximum Gasteiger partial charge on any atom is 0.0810 e. The van der Waals surface area contributed by atoms with E-state index < -0.39 is 0 Å². The predicted octanol–water partition coefficient (Wildman–Crippen LogP) is 1.71. The summed E-state index contributed by atoms with van der Waals surface area (Å²) in [5, 5.41) is 7.98. The average molecular weight is 149 g/mol. The van der Waals surface area contributed by atoms with Gasteiger partial charge in [0.2, 0.25) is 0 Å². The Labute approximate surface area is 66.0 Å². The van der Waals surface area contributed by atoms with Crippen molar-refractivity contribution in [1.82, 2.24) is 15.0 Å². The van der Waals surface area contributed by atoms with E-state index in [0.29, 0.717) is 0 Å². The van der Waals surface area contributed by atoms with Crippen molar-refractivity contribution in [2.24, 2.45) is 0 Å². The summed E-state index contributed by atoms with van der Waals surface area (Å²) in [6.45, 7) is 3.92. The fraction of sp³-hybridized carbons (Fsp3) is 0.250. The van der Waals surface area contributed by atoms with E-state index in [1.54, 1.807) is 17.2 Å². The van der Waals surface area contributed by atoms with Gasteiger partial charge in [0.15, 0.2) is 0 Å². The Morgan fingerprint density at radius 3 is 2.36 bits per heavy atom. The van der Waals surface area contributed by atoms with Crippen molar-refractivity contribution in [2.75, 3.05) is 0 Å². The third-order valence-electron chi connectivity index (χ3n) is 1.28. The van der Waals surface area contributed by atoms with Crippen LogP contribution in [0.15, 0.2) is 30.6 Å². The van der Waals surface area contributed by atoms with E-state index in [4.69, 9.17) is 0 Å². The fourth-order valence-electron chi connectivity index (χ4n) is 0.798. The van der Waals surface area contributed by atoms with Gasteiger partial charge in [-0.2, -0.15) is 15.0 Å². The van der Waals surface area contributed by atoms with Gasteiger partial charge < -0.3 is 0 Å². The number of aromatic nitrogens is 3. The van der Waals surface area contributed by atoms with Gasteiger partial charge in [-0.05, 0) is 19.9 Å². The van der Waals surface area contributed by atoms with E-state index in [9.17, 15) is 0 Å². The molecule has 3 heteroatoms. The van der Waals surface area contributed by atoms with Crippen LogP contribution in [0.2, 0.25) is 0 Å². The van der Waals surface area contributed by atoms with Gasteiger partial charge in [-0.1, -0.05) is 12.2 Å². The van der Waals surface area contributed by atoms with Gasteiger partial charge in [0, 0.05) is 0 Å². The summed E-state index contributed by atoms with van der Waals surface area (Å²) in [4.78, 5) is 1.58. The van der Waals surface area contributed by atoms with Crippen molar-refractivity contribution in [1.29, 1.82) is 0 Å². The molecular weight excluding hydrogens is 138 g/mol. The summed E-state index contributed by atoms with van der Waals surface area (Å²) >= 11 is 0. The summed E-state index contributed by atoms with van der Waals surface area (Å²) in [7, 11) is 0. The molecule has 0 aliphatic heterocycles. The molecule has 58 valence electrons. The van der Waals surface area contributed by atoms with Crippen LogP contribution in [0.3, 0.4) is 0 Å². The van der Waals surface area contributed by atoms with Crippen LogP contribution in [-0.2, 0) is 0 Å². The van der Waals surface area contributed by atoms with E-state index in [2.05, 4.69) is 10.2 Å². The van der Waals surface area contributed by atoms with Gasteiger partial charge >= 0.3 is 0 Å². The smallest absolute Gasteiger partial charge is 0.0810 e. The van der Waals surface area contributed by atoms with Crippen LogP contribution >= 0.6 is 0 Å². The Balaban J connectivity index is 2.89. The maximum absolute atomic E-state index is 3.99. The van der Waals surface area contributed by atoms with Gasteiger partial charge in [0.05, 0.1) is 18.1 Å². The highest BCUT2D eigenvalue weighted by atomic mass is 15.5. The summed E-state index contributed by atoms with van der Waals surface area (Å²) in [6.07, 6.45) is 9.19. The Morgan fingerprint density at radius 2 is 1.91 bits per heavy atom. The first-order valence-electron chi connectivity index (χ1n) is 3.54. The number of hydrogen-bond acceptors (Lipinski definition) is 2. The second-order valence-electron chi connectivity index (χ2n) is 2.03. The van der Waals surface area contributed by atoms with Crippen LogP contribution in [0.5, 0.6) is 0 Å². The van der Waals surface area contributed by atoms with Crippen molar-refractivity contribution in [3.8, 4) is 0 Å². The largest absolute Gasteiger partial charge is 0.157 e. The van der Waals surface area contributed by atoms with Crippen LogP contribution in [-0.4, -0.2) is 15.0 Å². The van der Waals surface area contributed by atoms with Crippen LogP contribution in [0.25, 0.3) is 5.70 Å². The first-order chi connectivity index (χ1) is 5.38. The predicted molar refractivity (Wildman–Crippen MR) is 44.8 cm³/mol. The third kappa shape index (κ3) is 1.77. The summed E-state index contributed by atoms with van der Waals surface area (Å²) in [5.41, 5.74) is 0.984. The molecule has 0 atom stereocenters. The Kier molecular flexibility index (Phi) is 2.60. The second kappa shape index (κ2) is 3.71. The molecule has 0 spiro atoms.